The summed E-state index contributed by atoms with van der Waals surface area (Å²) in [6, 6.07) is 27.2. The van der Waals surface area contributed by atoms with Crippen molar-refractivity contribution in [3.63, 3.8) is 0 Å². The Balaban J connectivity index is 1.66. The Morgan fingerprint density at radius 1 is 0.889 bits per heavy atom. The minimum absolute atomic E-state index is 0.295. The van der Waals surface area contributed by atoms with Crippen LogP contribution in [0.1, 0.15) is 62.8 Å². The molecule has 3 aromatic rings. The summed E-state index contributed by atoms with van der Waals surface area (Å²) in [4.78, 5) is 18.0. The summed E-state index contributed by atoms with van der Waals surface area (Å²) in [7, 11) is 0. The highest BCUT2D eigenvalue weighted by molar-refractivity contribution is 6.13. The zero-order valence-electron chi connectivity index (χ0n) is 21.6. The summed E-state index contributed by atoms with van der Waals surface area (Å²) in [6.45, 7) is 8.11. The Morgan fingerprint density at radius 3 is 1.92 bits per heavy atom. The fourth-order valence-corrected chi connectivity index (χ4v) is 4.99. The first-order valence-electron chi connectivity index (χ1n) is 12.7. The maximum Gasteiger partial charge on any atom is 0.331 e. The van der Waals surface area contributed by atoms with E-state index >= 15 is 0 Å². The molecule has 5 nitrogen and oxygen atoms in total. The molecule has 36 heavy (non-hydrogen) atoms. The number of benzene rings is 3. The number of carbonyl (C=O) groups is 1. The van der Waals surface area contributed by atoms with Gasteiger partial charge in [0.15, 0.2) is 6.04 Å². The molecule has 0 N–H and O–H groups in total. The summed E-state index contributed by atoms with van der Waals surface area (Å²) in [6.07, 6.45) is 2.08. The van der Waals surface area contributed by atoms with Crippen LogP contribution in [0.25, 0.3) is 0 Å². The highest BCUT2D eigenvalue weighted by Crippen LogP contribution is 2.45. The number of hydroxylamine groups is 2. The summed E-state index contributed by atoms with van der Waals surface area (Å²) in [5.74, 6) is -0.346. The normalized spacial score (nSPS) is 20.0. The van der Waals surface area contributed by atoms with E-state index in [0.29, 0.717) is 13.0 Å². The quantitative estimate of drug-likeness (QED) is 0.286. The van der Waals surface area contributed by atoms with Crippen LogP contribution in [0.4, 0.5) is 0 Å². The predicted molar refractivity (Wildman–Crippen MR) is 142 cm³/mol. The molecule has 0 aromatic heterocycles. The zero-order valence-corrected chi connectivity index (χ0v) is 21.6. The number of aliphatic imine (C=N–C) groups is 1. The van der Waals surface area contributed by atoms with Crippen molar-refractivity contribution in [2.24, 2.45) is 4.99 Å². The van der Waals surface area contributed by atoms with E-state index in [1.54, 1.807) is 6.92 Å². The molecule has 1 radical (unpaired) electrons. The van der Waals surface area contributed by atoms with Gasteiger partial charge in [-0.3, -0.25) is 4.99 Å². The molecule has 1 saturated heterocycles. The van der Waals surface area contributed by atoms with E-state index in [4.69, 9.17) is 9.73 Å². The largest absolute Gasteiger partial charge is 0.464 e. The van der Waals surface area contributed by atoms with Crippen LogP contribution in [0.15, 0.2) is 89.9 Å². The third kappa shape index (κ3) is 5.43. The predicted octanol–water partition coefficient (Wildman–Crippen LogP) is 6.13. The van der Waals surface area contributed by atoms with Gasteiger partial charge in [0.25, 0.3) is 0 Å². The summed E-state index contributed by atoms with van der Waals surface area (Å²) < 4.78 is 5.41. The maximum absolute atomic E-state index is 13.0. The smallest absolute Gasteiger partial charge is 0.331 e. The molecule has 0 amide bonds. The van der Waals surface area contributed by atoms with Gasteiger partial charge in [0.2, 0.25) is 0 Å². The van der Waals surface area contributed by atoms with Crippen molar-refractivity contribution in [1.29, 1.82) is 0 Å². The lowest BCUT2D eigenvalue weighted by atomic mass is 9.89. The van der Waals surface area contributed by atoms with Crippen LogP contribution in [-0.2, 0) is 26.7 Å². The number of carbonyl (C=O) groups excluding carboxylic acids is 1. The van der Waals surface area contributed by atoms with Crippen molar-refractivity contribution >= 4 is 11.7 Å². The summed E-state index contributed by atoms with van der Waals surface area (Å²) in [5.41, 5.74) is 3.70. The zero-order chi connectivity index (χ0) is 25.8. The highest BCUT2D eigenvalue weighted by atomic mass is 16.5. The second-order valence-electron chi connectivity index (χ2n) is 10.3. The molecule has 1 fully saturated rings. The monoisotopic (exact) mass is 483 g/mol. The molecule has 2 atom stereocenters. The molecular formula is C31H35N2O3. The SMILES string of the molecule is CCOC(=O)C(Cc1ccc(C2(C)CCC(C)(C)N2[O])cc1)N=C(c1ccccc1)c1ccccc1. The van der Waals surface area contributed by atoms with Crippen molar-refractivity contribution in [3.05, 3.63) is 107 Å². The lowest BCUT2D eigenvalue weighted by Crippen LogP contribution is -2.44. The van der Waals surface area contributed by atoms with Crippen LogP contribution in [-0.4, -0.2) is 34.9 Å². The Bertz CT molecular complexity index is 1150. The van der Waals surface area contributed by atoms with Crippen LogP contribution in [0.3, 0.4) is 0 Å². The van der Waals surface area contributed by atoms with E-state index in [-0.39, 0.29) is 11.5 Å². The number of hydrogen-bond donors (Lipinski definition) is 0. The lowest BCUT2D eigenvalue weighted by Gasteiger charge is -2.35. The molecule has 0 bridgehead atoms. The lowest BCUT2D eigenvalue weighted by molar-refractivity contribution is -0.252. The highest BCUT2D eigenvalue weighted by Gasteiger charge is 2.49. The molecule has 1 aliphatic rings. The molecule has 187 valence electrons. The first-order valence-corrected chi connectivity index (χ1v) is 12.7. The Morgan fingerprint density at radius 2 is 1.44 bits per heavy atom. The average Bonchev–Trinajstić information content (AvgIpc) is 3.11. The second-order valence-corrected chi connectivity index (χ2v) is 10.3. The van der Waals surface area contributed by atoms with Gasteiger partial charge in [-0.25, -0.2) is 4.79 Å². The number of ether oxygens (including phenoxy) is 1. The Labute approximate surface area is 214 Å². The Kier molecular flexibility index (Phi) is 7.72. The number of hydrogen-bond acceptors (Lipinski definition) is 4. The van der Waals surface area contributed by atoms with E-state index < -0.39 is 11.6 Å². The minimum Gasteiger partial charge on any atom is -0.464 e. The van der Waals surface area contributed by atoms with Crippen molar-refractivity contribution in [3.8, 4) is 0 Å². The average molecular weight is 484 g/mol. The van der Waals surface area contributed by atoms with Crippen LogP contribution in [0, 0.1) is 0 Å². The summed E-state index contributed by atoms with van der Waals surface area (Å²) in [5, 5.41) is 14.2. The van der Waals surface area contributed by atoms with E-state index in [1.165, 1.54) is 5.06 Å². The molecule has 0 aliphatic carbocycles. The van der Waals surface area contributed by atoms with Gasteiger partial charge in [-0.15, -0.1) is 10.3 Å². The van der Waals surface area contributed by atoms with Crippen LogP contribution in [0.5, 0.6) is 0 Å². The van der Waals surface area contributed by atoms with Crippen LogP contribution < -0.4 is 0 Å². The van der Waals surface area contributed by atoms with E-state index in [9.17, 15) is 10.0 Å². The summed E-state index contributed by atoms with van der Waals surface area (Å²) >= 11 is 0. The van der Waals surface area contributed by atoms with Crippen molar-refractivity contribution in [2.75, 3.05) is 6.61 Å². The second kappa shape index (κ2) is 10.8. The maximum atomic E-state index is 13.0. The fourth-order valence-electron chi connectivity index (χ4n) is 4.99. The minimum atomic E-state index is -0.691. The number of nitrogens with zero attached hydrogens (tertiary/aromatic N) is 2. The molecule has 0 saturated carbocycles. The molecule has 2 unspecified atom stereocenters. The van der Waals surface area contributed by atoms with Gasteiger partial charge < -0.3 is 4.74 Å². The third-order valence-corrected chi connectivity index (χ3v) is 7.16. The van der Waals surface area contributed by atoms with Crippen molar-refractivity contribution < 1.29 is 14.7 Å². The van der Waals surface area contributed by atoms with Gasteiger partial charge in [-0.2, -0.15) is 0 Å². The Hall–Kier alpha value is -3.28. The van der Waals surface area contributed by atoms with Gasteiger partial charge in [0.05, 0.1) is 17.9 Å². The molecule has 5 heteroatoms. The van der Waals surface area contributed by atoms with E-state index in [0.717, 1.165) is 40.8 Å². The molecular weight excluding hydrogens is 448 g/mol. The standard InChI is InChI=1S/C31H35N2O3/c1-5-36-29(34)27(32-28(24-12-8-6-9-13-24)25-14-10-7-11-15-25)22-23-16-18-26(19-17-23)31(4)21-20-30(2,3)33(31)35/h6-19,27H,5,20-22H2,1-4H3. The third-order valence-electron chi connectivity index (χ3n) is 7.16. The molecule has 0 spiro atoms. The van der Waals surface area contributed by atoms with E-state index in [1.807, 2.05) is 106 Å². The fraction of sp³-hybridized carbons (Fsp3) is 0.355. The molecule has 1 aliphatic heterocycles. The van der Waals surface area contributed by atoms with Crippen molar-refractivity contribution in [2.45, 2.75) is 64.1 Å². The first-order chi connectivity index (χ1) is 17.2. The van der Waals surface area contributed by atoms with Crippen molar-refractivity contribution in [1.82, 2.24) is 5.06 Å². The van der Waals surface area contributed by atoms with Gasteiger partial charge in [-0.05, 0) is 51.7 Å². The van der Waals surface area contributed by atoms with Gasteiger partial charge in [0.1, 0.15) is 0 Å². The number of rotatable bonds is 8. The van der Waals surface area contributed by atoms with Crippen LogP contribution in [0.2, 0.25) is 0 Å². The van der Waals surface area contributed by atoms with Crippen LogP contribution >= 0.6 is 0 Å². The van der Waals surface area contributed by atoms with Gasteiger partial charge >= 0.3 is 5.97 Å². The van der Waals surface area contributed by atoms with E-state index in [2.05, 4.69) is 0 Å². The molecule has 1 heterocycles. The van der Waals surface area contributed by atoms with Gasteiger partial charge in [0, 0.05) is 23.1 Å². The van der Waals surface area contributed by atoms with Gasteiger partial charge in [-0.1, -0.05) is 84.9 Å². The topological polar surface area (TPSA) is 61.8 Å². The first kappa shape index (κ1) is 25.8. The molecule has 4 rings (SSSR count). The molecule has 3 aromatic carbocycles. The number of esters is 1.